The highest BCUT2D eigenvalue weighted by atomic mass is 16.6. The van der Waals surface area contributed by atoms with Crippen LogP contribution in [0.4, 0.5) is 0 Å². The van der Waals surface area contributed by atoms with Crippen molar-refractivity contribution in [2.75, 3.05) is 0 Å². The van der Waals surface area contributed by atoms with E-state index in [9.17, 15) is 9.59 Å². The van der Waals surface area contributed by atoms with Crippen molar-refractivity contribution < 1.29 is 14.3 Å². The SMILES string of the molecule is C=CCC(=O)OC(=O)C(C)(C)C=C. The van der Waals surface area contributed by atoms with Crippen LogP contribution in [0.1, 0.15) is 20.3 Å². The lowest BCUT2D eigenvalue weighted by Gasteiger charge is -2.15. The first kappa shape index (κ1) is 11.6. The molecule has 72 valence electrons. The van der Waals surface area contributed by atoms with Crippen molar-refractivity contribution in [1.29, 1.82) is 0 Å². The van der Waals surface area contributed by atoms with Gasteiger partial charge in [-0.25, -0.2) is 0 Å². The van der Waals surface area contributed by atoms with Crippen molar-refractivity contribution in [3.05, 3.63) is 25.3 Å². The van der Waals surface area contributed by atoms with Gasteiger partial charge in [-0.1, -0.05) is 12.2 Å². The second-order valence-electron chi connectivity index (χ2n) is 3.18. The number of carbonyl (C=O) groups excluding carboxylic acids is 2. The van der Waals surface area contributed by atoms with Gasteiger partial charge in [-0.15, -0.1) is 13.2 Å². The minimum atomic E-state index is -0.823. The predicted molar refractivity (Wildman–Crippen MR) is 49.9 cm³/mol. The van der Waals surface area contributed by atoms with Crippen LogP contribution in [-0.4, -0.2) is 11.9 Å². The second kappa shape index (κ2) is 4.60. The van der Waals surface area contributed by atoms with Crippen LogP contribution < -0.4 is 0 Å². The Morgan fingerprint density at radius 2 is 1.92 bits per heavy atom. The second-order valence-corrected chi connectivity index (χ2v) is 3.18. The van der Waals surface area contributed by atoms with Crippen LogP contribution in [0.2, 0.25) is 0 Å². The summed E-state index contributed by atoms with van der Waals surface area (Å²) < 4.78 is 4.53. The topological polar surface area (TPSA) is 43.4 Å². The molecule has 0 aromatic heterocycles. The number of hydrogen-bond acceptors (Lipinski definition) is 3. The van der Waals surface area contributed by atoms with Gasteiger partial charge in [-0.2, -0.15) is 0 Å². The van der Waals surface area contributed by atoms with Gasteiger partial charge in [0.1, 0.15) is 0 Å². The third kappa shape index (κ3) is 3.69. The fourth-order valence-electron chi connectivity index (χ4n) is 0.478. The molecule has 0 aliphatic carbocycles. The highest BCUT2D eigenvalue weighted by molar-refractivity contribution is 5.89. The molecule has 0 rings (SSSR count). The van der Waals surface area contributed by atoms with E-state index in [0.717, 1.165) is 0 Å². The molecule has 0 radical (unpaired) electrons. The predicted octanol–water partition coefficient (Wildman–Crippen LogP) is 1.84. The highest BCUT2D eigenvalue weighted by Crippen LogP contribution is 2.18. The molecule has 0 aliphatic rings. The summed E-state index contributed by atoms with van der Waals surface area (Å²) in [6, 6.07) is 0. The minimum Gasteiger partial charge on any atom is -0.392 e. The van der Waals surface area contributed by atoms with Crippen LogP contribution in [0.5, 0.6) is 0 Å². The molecule has 3 nitrogen and oxygen atoms in total. The Morgan fingerprint density at radius 1 is 1.38 bits per heavy atom. The number of esters is 2. The van der Waals surface area contributed by atoms with Crippen LogP contribution >= 0.6 is 0 Å². The maximum atomic E-state index is 11.2. The lowest BCUT2D eigenvalue weighted by atomic mass is 9.94. The van der Waals surface area contributed by atoms with Crippen LogP contribution in [0.3, 0.4) is 0 Å². The summed E-state index contributed by atoms with van der Waals surface area (Å²) in [5, 5.41) is 0. The standard InChI is InChI=1S/C10H14O3/c1-5-7-8(11)13-9(12)10(3,4)6-2/h5-6H,1-2,7H2,3-4H3. The Bertz CT molecular complexity index is 239. The van der Waals surface area contributed by atoms with Crippen LogP contribution in [-0.2, 0) is 14.3 Å². The molecule has 0 saturated heterocycles. The Balaban J connectivity index is 4.23. The maximum Gasteiger partial charge on any atom is 0.323 e. The monoisotopic (exact) mass is 182 g/mol. The third-order valence-electron chi connectivity index (χ3n) is 1.55. The van der Waals surface area contributed by atoms with E-state index in [1.165, 1.54) is 12.2 Å². The number of hydrogen-bond donors (Lipinski definition) is 0. The smallest absolute Gasteiger partial charge is 0.323 e. The molecule has 13 heavy (non-hydrogen) atoms. The molecule has 0 spiro atoms. The van der Waals surface area contributed by atoms with E-state index in [4.69, 9.17) is 0 Å². The van der Waals surface area contributed by atoms with Crippen LogP contribution in [0.15, 0.2) is 25.3 Å². The summed E-state index contributed by atoms with van der Waals surface area (Å²) >= 11 is 0. The minimum absolute atomic E-state index is 0.0406. The van der Waals surface area contributed by atoms with E-state index in [-0.39, 0.29) is 6.42 Å². The Hall–Kier alpha value is -1.38. The molecule has 0 fully saturated rings. The average molecular weight is 182 g/mol. The molecule has 0 aliphatic heterocycles. The first-order valence-electron chi connectivity index (χ1n) is 3.93. The van der Waals surface area contributed by atoms with Gasteiger partial charge in [0.15, 0.2) is 0 Å². The van der Waals surface area contributed by atoms with Crippen LogP contribution in [0, 0.1) is 5.41 Å². The molecule has 0 N–H and O–H groups in total. The molecule has 3 heteroatoms. The number of carbonyl (C=O) groups is 2. The molecule has 0 heterocycles. The highest BCUT2D eigenvalue weighted by Gasteiger charge is 2.27. The zero-order valence-corrected chi connectivity index (χ0v) is 8.00. The van der Waals surface area contributed by atoms with Gasteiger partial charge in [-0.3, -0.25) is 9.59 Å². The Kier molecular flexibility index (Phi) is 4.11. The molecule has 0 aromatic carbocycles. The summed E-state index contributed by atoms with van der Waals surface area (Å²) in [5.74, 6) is -1.18. The fraction of sp³-hybridized carbons (Fsp3) is 0.400. The van der Waals surface area contributed by atoms with E-state index < -0.39 is 17.4 Å². The van der Waals surface area contributed by atoms with Crippen molar-refractivity contribution in [3.8, 4) is 0 Å². The van der Waals surface area contributed by atoms with Gasteiger partial charge in [0, 0.05) is 0 Å². The zero-order chi connectivity index (χ0) is 10.5. The van der Waals surface area contributed by atoms with Gasteiger partial charge in [-0.05, 0) is 13.8 Å². The van der Waals surface area contributed by atoms with Gasteiger partial charge in [0.05, 0.1) is 11.8 Å². The van der Waals surface area contributed by atoms with Crippen molar-refractivity contribution in [2.24, 2.45) is 5.41 Å². The van der Waals surface area contributed by atoms with E-state index in [0.29, 0.717) is 0 Å². The quantitative estimate of drug-likeness (QED) is 0.378. The summed E-state index contributed by atoms with van der Waals surface area (Å²) in [4.78, 5) is 22.1. The summed E-state index contributed by atoms with van der Waals surface area (Å²) in [5.41, 5.74) is -0.823. The van der Waals surface area contributed by atoms with E-state index in [1.54, 1.807) is 13.8 Å². The molecular weight excluding hydrogens is 168 g/mol. The molecule has 0 saturated carbocycles. The molecule has 0 amide bonds. The van der Waals surface area contributed by atoms with Gasteiger partial charge < -0.3 is 4.74 Å². The van der Waals surface area contributed by atoms with Gasteiger partial charge in [0.2, 0.25) is 0 Å². The fourth-order valence-corrected chi connectivity index (χ4v) is 0.478. The molecule has 0 atom stereocenters. The van der Waals surface area contributed by atoms with Crippen molar-refractivity contribution in [2.45, 2.75) is 20.3 Å². The van der Waals surface area contributed by atoms with E-state index in [1.807, 2.05) is 0 Å². The number of rotatable bonds is 4. The van der Waals surface area contributed by atoms with Crippen LogP contribution in [0.25, 0.3) is 0 Å². The lowest BCUT2D eigenvalue weighted by Crippen LogP contribution is -2.26. The average Bonchev–Trinajstić information content (AvgIpc) is 2.04. The van der Waals surface area contributed by atoms with Crippen molar-refractivity contribution in [3.63, 3.8) is 0 Å². The maximum absolute atomic E-state index is 11.2. The van der Waals surface area contributed by atoms with Crippen molar-refractivity contribution >= 4 is 11.9 Å². The molecule has 0 bridgehead atoms. The number of ether oxygens (including phenoxy) is 1. The molecule has 0 aromatic rings. The van der Waals surface area contributed by atoms with Gasteiger partial charge >= 0.3 is 11.9 Å². The van der Waals surface area contributed by atoms with Gasteiger partial charge in [0.25, 0.3) is 0 Å². The largest absolute Gasteiger partial charge is 0.392 e. The Morgan fingerprint density at radius 3 is 2.31 bits per heavy atom. The summed E-state index contributed by atoms with van der Waals surface area (Å²) in [6.07, 6.45) is 2.87. The lowest BCUT2D eigenvalue weighted by molar-refractivity contribution is -0.163. The van der Waals surface area contributed by atoms with E-state index in [2.05, 4.69) is 17.9 Å². The molecule has 0 unspecified atom stereocenters. The summed E-state index contributed by atoms with van der Waals surface area (Å²) in [6.45, 7) is 10.1. The third-order valence-corrected chi connectivity index (χ3v) is 1.55. The zero-order valence-electron chi connectivity index (χ0n) is 8.00. The Labute approximate surface area is 78.1 Å². The summed E-state index contributed by atoms with van der Waals surface area (Å²) in [7, 11) is 0. The first-order valence-corrected chi connectivity index (χ1v) is 3.93. The van der Waals surface area contributed by atoms with E-state index >= 15 is 0 Å². The normalized spacial score (nSPS) is 10.3. The first-order chi connectivity index (χ1) is 5.94. The molecular formula is C10H14O3. The van der Waals surface area contributed by atoms with Crippen molar-refractivity contribution in [1.82, 2.24) is 0 Å².